The Morgan fingerprint density at radius 1 is 0.500 bits per heavy atom. The highest BCUT2D eigenvalue weighted by molar-refractivity contribution is 8.76. The van der Waals surface area contributed by atoms with Crippen LogP contribution in [0.2, 0.25) is 0 Å². The Bertz CT molecular complexity index is 1330. The first-order valence-electron chi connectivity index (χ1n) is 11.2. The molecule has 0 spiro atoms. The van der Waals surface area contributed by atoms with Crippen LogP contribution in [-0.2, 0) is 0 Å². The lowest BCUT2D eigenvalue weighted by Crippen LogP contribution is -1.92. The van der Waals surface area contributed by atoms with Crippen LogP contribution >= 0.6 is 21.6 Å². The molecule has 4 aromatic rings. The highest BCUT2D eigenvalue weighted by Gasteiger charge is 2.13. The Balaban J connectivity index is 1.02. The van der Waals surface area contributed by atoms with E-state index in [0.717, 1.165) is 55.3 Å². The van der Waals surface area contributed by atoms with E-state index in [4.69, 9.17) is 18.9 Å². The van der Waals surface area contributed by atoms with E-state index in [1.165, 1.54) is 0 Å². The van der Waals surface area contributed by atoms with Crippen molar-refractivity contribution in [1.29, 1.82) is 0 Å². The summed E-state index contributed by atoms with van der Waals surface area (Å²) >= 11 is 0. The Labute approximate surface area is 216 Å². The zero-order chi connectivity index (χ0) is 24.2. The third-order valence-electron chi connectivity index (χ3n) is 5.43. The van der Waals surface area contributed by atoms with Crippen LogP contribution in [0.1, 0.15) is 11.1 Å². The molecule has 0 radical (unpaired) electrons. The van der Waals surface area contributed by atoms with E-state index < -0.39 is 0 Å². The number of ether oxygens (including phenoxy) is 4. The number of hydrogen-bond acceptors (Lipinski definition) is 8. The van der Waals surface area contributed by atoms with Gasteiger partial charge in [0.2, 0.25) is 13.6 Å². The third-order valence-corrected chi connectivity index (χ3v) is 7.84. The highest BCUT2D eigenvalue weighted by atomic mass is 33.1. The topological polar surface area (TPSA) is 61.6 Å². The van der Waals surface area contributed by atoms with Gasteiger partial charge in [-0.2, -0.15) is 0 Å². The predicted octanol–water partition coefficient (Wildman–Crippen LogP) is 7.44. The van der Waals surface area contributed by atoms with Gasteiger partial charge >= 0.3 is 0 Å². The minimum absolute atomic E-state index is 0.271. The molecule has 2 heterocycles. The number of rotatable bonds is 7. The first kappa shape index (κ1) is 22.6. The molecule has 4 aromatic carbocycles. The molecular weight excluding hydrogens is 492 g/mol. The molecule has 0 N–H and O–H groups in total. The summed E-state index contributed by atoms with van der Waals surface area (Å²) < 4.78 is 21.5. The van der Waals surface area contributed by atoms with Gasteiger partial charge in [-0.15, -0.1) is 0 Å². The second-order valence-electron chi connectivity index (χ2n) is 7.90. The summed E-state index contributed by atoms with van der Waals surface area (Å²) in [6.45, 7) is 0.543. The molecule has 6 rings (SSSR count). The SMILES string of the molecule is C(=Nc1ccc(SSc2ccc(N=Cc3ccc4c(c3)OCO4)cc2)cc1)c1ccc2c(c1)OCO2. The van der Waals surface area contributed by atoms with Crippen molar-refractivity contribution in [2.75, 3.05) is 13.6 Å². The van der Waals surface area contributed by atoms with Gasteiger partial charge in [-0.25, -0.2) is 0 Å². The molecule has 0 aromatic heterocycles. The molecule has 2 aliphatic rings. The maximum absolute atomic E-state index is 5.42. The molecule has 0 amide bonds. The monoisotopic (exact) mass is 512 g/mol. The molecule has 0 saturated heterocycles. The molecule has 8 heteroatoms. The Morgan fingerprint density at radius 2 is 0.917 bits per heavy atom. The maximum Gasteiger partial charge on any atom is 0.231 e. The summed E-state index contributed by atoms with van der Waals surface area (Å²) in [5, 5.41) is 0. The average Bonchev–Trinajstić information content (AvgIpc) is 3.59. The van der Waals surface area contributed by atoms with Crippen molar-refractivity contribution in [3.63, 3.8) is 0 Å². The van der Waals surface area contributed by atoms with E-state index in [9.17, 15) is 0 Å². The zero-order valence-corrected chi connectivity index (χ0v) is 20.6. The molecule has 0 bridgehead atoms. The van der Waals surface area contributed by atoms with E-state index in [-0.39, 0.29) is 13.6 Å². The first-order chi connectivity index (χ1) is 17.8. The molecule has 0 saturated carbocycles. The van der Waals surface area contributed by atoms with E-state index in [2.05, 4.69) is 34.3 Å². The number of aliphatic imine (C=N–C) groups is 2. The largest absolute Gasteiger partial charge is 0.454 e. The molecule has 0 atom stereocenters. The molecule has 6 nitrogen and oxygen atoms in total. The van der Waals surface area contributed by atoms with Crippen LogP contribution in [0.4, 0.5) is 11.4 Å². The molecular formula is C28H20N2O4S2. The first-order valence-corrected chi connectivity index (χ1v) is 13.4. The van der Waals surface area contributed by atoms with Crippen molar-refractivity contribution in [3.8, 4) is 23.0 Å². The number of hydrogen-bond donors (Lipinski definition) is 0. The van der Waals surface area contributed by atoms with E-state index in [1.54, 1.807) is 21.6 Å². The molecule has 0 fully saturated rings. The van der Waals surface area contributed by atoms with Crippen molar-refractivity contribution < 1.29 is 18.9 Å². The standard InChI is InChI=1S/C28H20N2O4S2/c1-11-25-27(33-17-31-25)13-19(1)15-29-21-3-7-23(8-4-21)35-36-24-9-5-22(6-10-24)30-16-20-2-12-26-28(14-20)34-18-32-26/h1-16H,17-18H2. The summed E-state index contributed by atoms with van der Waals surface area (Å²) in [4.78, 5) is 11.4. The van der Waals surface area contributed by atoms with Crippen LogP contribution in [0, 0.1) is 0 Å². The average molecular weight is 513 g/mol. The van der Waals surface area contributed by atoms with Gasteiger partial charge in [0.1, 0.15) is 0 Å². The second-order valence-corrected chi connectivity index (χ2v) is 10.2. The lowest BCUT2D eigenvalue weighted by Gasteiger charge is -2.03. The number of fused-ring (bicyclic) bond motifs is 2. The third kappa shape index (κ3) is 5.35. The summed E-state index contributed by atoms with van der Waals surface area (Å²) in [5.41, 5.74) is 3.73. The smallest absolute Gasteiger partial charge is 0.231 e. The maximum atomic E-state index is 5.42. The summed E-state index contributed by atoms with van der Waals surface area (Å²) in [5.74, 6) is 3.06. The van der Waals surface area contributed by atoms with Crippen LogP contribution < -0.4 is 18.9 Å². The van der Waals surface area contributed by atoms with E-state index >= 15 is 0 Å². The van der Waals surface area contributed by atoms with Crippen molar-refractivity contribution in [2.24, 2.45) is 9.98 Å². The lowest BCUT2D eigenvalue weighted by molar-refractivity contribution is 0.173. The second kappa shape index (κ2) is 10.4. The Morgan fingerprint density at radius 3 is 1.36 bits per heavy atom. The van der Waals surface area contributed by atoms with Gasteiger partial charge < -0.3 is 18.9 Å². The Hall–Kier alpha value is -3.88. The van der Waals surface area contributed by atoms with E-state index in [0.29, 0.717) is 0 Å². The molecule has 178 valence electrons. The van der Waals surface area contributed by atoms with Crippen LogP contribution in [-0.4, -0.2) is 26.0 Å². The van der Waals surface area contributed by atoms with Crippen LogP contribution in [0.25, 0.3) is 0 Å². The predicted molar refractivity (Wildman–Crippen MR) is 144 cm³/mol. The molecule has 0 aliphatic carbocycles. The molecule has 0 unspecified atom stereocenters. The van der Waals surface area contributed by atoms with Crippen LogP contribution in [0.15, 0.2) is 105 Å². The van der Waals surface area contributed by atoms with Gasteiger partial charge in [-0.1, -0.05) is 21.6 Å². The van der Waals surface area contributed by atoms with E-state index in [1.807, 2.05) is 73.1 Å². The van der Waals surface area contributed by atoms with Gasteiger partial charge in [-0.05, 0) is 96.1 Å². The summed E-state index contributed by atoms with van der Waals surface area (Å²) in [6, 6.07) is 28.0. The van der Waals surface area contributed by atoms with Crippen LogP contribution in [0.3, 0.4) is 0 Å². The van der Waals surface area contributed by atoms with Crippen molar-refractivity contribution in [1.82, 2.24) is 0 Å². The number of nitrogens with zero attached hydrogens (tertiary/aromatic N) is 2. The number of benzene rings is 4. The summed E-state index contributed by atoms with van der Waals surface area (Å²) in [7, 11) is 3.42. The van der Waals surface area contributed by atoms with Gasteiger partial charge in [-0.3, -0.25) is 9.98 Å². The van der Waals surface area contributed by atoms with Gasteiger partial charge in [0, 0.05) is 22.2 Å². The quantitative estimate of drug-likeness (QED) is 0.189. The minimum atomic E-state index is 0.271. The fourth-order valence-corrected chi connectivity index (χ4v) is 5.49. The van der Waals surface area contributed by atoms with Gasteiger partial charge in [0.05, 0.1) is 11.4 Å². The Kier molecular flexibility index (Phi) is 6.52. The lowest BCUT2D eigenvalue weighted by atomic mass is 10.2. The fraction of sp³-hybridized carbons (Fsp3) is 0.0714. The van der Waals surface area contributed by atoms with Crippen molar-refractivity contribution >= 4 is 45.4 Å². The molecule has 2 aliphatic heterocycles. The zero-order valence-electron chi connectivity index (χ0n) is 19.0. The van der Waals surface area contributed by atoms with Crippen molar-refractivity contribution in [2.45, 2.75) is 9.79 Å². The highest BCUT2D eigenvalue weighted by Crippen LogP contribution is 2.38. The molecule has 36 heavy (non-hydrogen) atoms. The van der Waals surface area contributed by atoms with Gasteiger partial charge in [0.25, 0.3) is 0 Å². The normalized spacial score (nSPS) is 13.7. The van der Waals surface area contributed by atoms with Gasteiger partial charge in [0.15, 0.2) is 23.0 Å². The fourth-order valence-electron chi connectivity index (χ4n) is 3.56. The minimum Gasteiger partial charge on any atom is -0.454 e. The van der Waals surface area contributed by atoms with Crippen molar-refractivity contribution in [3.05, 3.63) is 96.1 Å². The van der Waals surface area contributed by atoms with Crippen LogP contribution in [0.5, 0.6) is 23.0 Å². The summed E-state index contributed by atoms with van der Waals surface area (Å²) in [6.07, 6.45) is 3.66.